The lowest BCUT2D eigenvalue weighted by Crippen LogP contribution is -2.39. The smallest absolute Gasteiger partial charge is 0.264 e. The number of nitrogens with zero attached hydrogens (tertiary/aromatic N) is 2. The van der Waals surface area contributed by atoms with Crippen molar-refractivity contribution in [3.05, 3.63) is 120 Å². The van der Waals surface area contributed by atoms with Gasteiger partial charge in [0.1, 0.15) is 6.54 Å². The van der Waals surface area contributed by atoms with Gasteiger partial charge in [0.2, 0.25) is 0 Å². The third kappa shape index (κ3) is 6.00. The molecule has 0 aliphatic carbocycles. The first-order valence-corrected chi connectivity index (χ1v) is 13.0. The highest BCUT2D eigenvalue weighted by molar-refractivity contribution is 7.92. The van der Waals surface area contributed by atoms with Gasteiger partial charge in [-0.05, 0) is 60.0 Å². The fourth-order valence-corrected chi connectivity index (χ4v) is 5.12. The van der Waals surface area contributed by atoms with Gasteiger partial charge in [-0.1, -0.05) is 84.4 Å². The Kier molecular flexibility index (Phi) is 7.83. The molecule has 0 aliphatic heterocycles. The summed E-state index contributed by atoms with van der Waals surface area (Å²) in [7, 11) is -4.00. The molecule has 0 aromatic heterocycles. The fourth-order valence-electron chi connectivity index (χ4n) is 3.55. The van der Waals surface area contributed by atoms with Gasteiger partial charge in [-0.25, -0.2) is 13.8 Å². The Morgan fingerprint density at radius 3 is 1.97 bits per heavy atom. The molecule has 0 radical (unpaired) electrons. The quantitative estimate of drug-likeness (QED) is 0.239. The van der Waals surface area contributed by atoms with Crippen LogP contribution in [-0.2, 0) is 14.8 Å². The van der Waals surface area contributed by atoms with Crippen molar-refractivity contribution >= 4 is 38.9 Å². The first-order valence-electron chi connectivity index (χ1n) is 11.2. The Labute approximate surface area is 215 Å². The van der Waals surface area contributed by atoms with Crippen LogP contribution in [0.4, 0.5) is 5.69 Å². The van der Waals surface area contributed by atoms with Crippen LogP contribution in [0.3, 0.4) is 0 Å². The van der Waals surface area contributed by atoms with Crippen molar-refractivity contribution in [1.82, 2.24) is 5.43 Å². The maximum absolute atomic E-state index is 13.3. The van der Waals surface area contributed by atoms with Crippen LogP contribution in [0.15, 0.2) is 119 Å². The van der Waals surface area contributed by atoms with Crippen molar-refractivity contribution in [2.45, 2.75) is 11.8 Å². The van der Waals surface area contributed by atoms with Gasteiger partial charge in [0.25, 0.3) is 15.9 Å². The number of amides is 1. The SMILES string of the molecule is C/C(=N\NC(=O)CN(c1ccc(Cl)cc1)S(=O)(=O)c1ccccc1)c1ccc(-c2ccccc2)cc1. The van der Waals surface area contributed by atoms with Crippen LogP contribution in [0, 0.1) is 0 Å². The van der Waals surface area contributed by atoms with E-state index in [1.165, 1.54) is 12.1 Å². The van der Waals surface area contributed by atoms with E-state index in [1.54, 1.807) is 49.4 Å². The van der Waals surface area contributed by atoms with Crippen molar-refractivity contribution in [3.8, 4) is 11.1 Å². The molecule has 36 heavy (non-hydrogen) atoms. The molecule has 0 unspecified atom stereocenters. The summed E-state index contributed by atoms with van der Waals surface area (Å²) in [6, 6.07) is 32.0. The summed E-state index contributed by atoms with van der Waals surface area (Å²) in [5.74, 6) is -0.579. The molecular formula is C28H24ClN3O3S. The summed E-state index contributed by atoms with van der Waals surface area (Å²) < 4.78 is 27.7. The summed E-state index contributed by atoms with van der Waals surface area (Å²) in [6.07, 6.45) is 0. The number of hydrazone groups is 1. The number of hydrogen-bond donors (Lipinski definition) is 1. The predicted octanol–water partition coefficient (Wildman–Crippen LogP) is 5.74. The number of sulfonamides is 1. The van der Waals surface area contributed by atoms with Gasteiger partial charge < -0.3 is 0 Å². The zero-order valence-corrected chi connectivity index (χ0v) is 21.1. The van der Waals surface area contributed by atoms with Crippen LogP contribution in [0.2, 0.25) is 5.02 Å². The Hall–Kier alpha value is -3.94. The van der Waals surface area contributed by atoms with E-state index in [4.69, 9.17) is 11.6 Å². The molecular weight excluding hydrogens is 494 g/mol. The molecule has 0 aliphatic rings. The van der Waals surface area contributed by atoms with Crippen molar-refractivity contribution in [1.29, 1.82) is 0 Å². The number of carbonyl (C=O) groups excluding carboxylic acids is 1. The third-order valence-corrected chi connectivity index (χ3v) is 7.53. The van der Waals surface area contributed by atoms with E-state index in [2.05, 4.69) is 10.5 Å². The summed E-state index contributed by atoms with van der Waals surface area (Å²) in [5.41, 5.74) is 6.39. The number of anilines is 1. The van der Waals surface area contributed by atoms with Crippen molar-refractivity contribution < 1.29 is 13.2 Å². The molecule has 1 N–H and O–H groups in total. The molecule has 0 heterocycles. The molecule has 1 amide bonds. The minimum absolute atomic E-state index is 0.0749. The van der Waals surface area contributed by atoms with Crippen molar-refractivity contribution in [2.24, 2.45) is 5.10 Å². The second-order valence-corrected chi connectivity index (χ2v) is 10.3. The van der Waals surface area contributed by atoms with E-state index in [-0.39, 0.29) is 4.90 Å². The number of rotatable bonds is 8. The average Bonchev–Trinajstić information content (AvgIpc) is 2.92. The van der Waals surface area contributed by atoms with Gasteiger partial charge in [-0.15, -0.1) is 0 Å². The highest BCUT2D eigenvalue weighted by Gasteiger charge is 2.27. The van der Waals surface area contributed by atoms with Crippen molar-refractivity contribution in [2.75, 3.05) is 10.8 Å². The van der Waals surface area contributed by atoms with Gasteiger partial charge in [0, 0.05) is 5.02 Å². The molecule has 6 nitrogen and oxygen atoms in total. The predicted molar refractivity (Wildman–Crippen MR) is 145 cm³/mol. The largest absolute Gasteiger partial charge is 0.271 e. The molecule has 0 spiro atoms. The van der Waals surface area contributed by atoms with E-state index < -0.39 is 22.5 Å². The van der Waals surface area contributed by atoms with Gasteiger partial charge in [0.05, 0.1) is 16.3 Å². The zero-order chi connectivity index (χ0) is 25.5. The Balaban J connectivity index is 1.51. The van der Waals surface area contributed by atoms with E-state index in [0.717, 1.165) is 21.0 Å². The van der Waals surface area contributed by atoms with Gasteiger partial charge in [-0.3, -0.25) is 9.10 Å². The topological polar surface area (TPSA) is 78.8 Å². The zero-order valence-electron chi connectivity index (χ0n) is 19.5. The van der Waals surface area contributed by atoms with Gasteiger partial charge in [0.15, 0.2) is 0 Å². The molecule has 0 saturated carbocycles. The standard InChI is InChI=1S/C28H24ClN3O3S/c1-21(22-12-14-24(15-13-22)23-8-4-2-5-9-23)30-31-28(33)20-32(26-18-16-25(29)17-19-26)36(34,35)27-10-6-3-7-11-27/h2-19H,20H2,1H3,(H,31,33)/b30-21+. The number of nitrogens with one attached hydrogen (secondary N) is 1. The second kappa shape index (κ2) is 11.2. The lowest BCUT2D eigenvalue weighted by molar-refractivity contribution is -0.119. The summed E-state index contributed by atoms with van der Waals surface area (Å²) in [6.45, 7) is 1.32. The summed E-state index contributed by atoms with van der Waals surface area (Å²) in [5, 5.41) is 4.64. The van der Waals surface area contributed by atoms with Gasteiger partial charge in [-0.2, -0.15) is 5.10 Å². The molecule has 4 aromatic rings. The molecule has 0 fully saturated rings. The van der Waals surface area contributed by atoms with Crippen LogP contribution in [0.1, 0.15) is 12.5 Å². The summed E-state index contributed by atoms with van der Waals surface area (Å²) >= 11 is 5.98. The van der Waals surface area contributed by atoms with Crippen LogP contribution >= 0.6 is 11.6 Å². The van der Waals surface area contributed by atoms with Crippen molar-refractivity contribution in [3.63, 3.8) is 0 Å². The highest BCUT2D eigenvalue weighted by Crippen LogP contribution is 2.25. The third-order valence-electron chi connectivity index (χ3n) is 5.49. The maximum Gasteiger partial charge on any atom is 0.264 e. The van der Waals surface area contributed by atoms with Crippen LogP contribution < -0.4 is 9.73 Å². The first kappa shape index (κ1) is 25.2. The Morgan fingerprint density at radius 2 is 1.36 bits per heavy atom. The lowest BCUT2D eigenvalue weighted by atomic mass is 10.0. The maximum atomic E-state index is 13.3. The number of carbonyl (C=O) groups is 1. The van der Waals surface area contributed by atoms with Crippen LogP contribution in [-0.4, -0.2) is 26.6 Å². The molecule has 182 valence electrons. The normalized spacial score (nSPS) is 11.7. The molecule has 8 heteroatoms. The average molecular weight is 518 g/mol. The monoisotopic (exact) mass is 517 g/mol. The van der Waals surface area contributed by atoms with E-state index in [0.29, 0.717) is 16.4 Å². The molecule has 4 aromatic carbocycles. The highest BCUT2D eigenvalue weighted by atomic mass is 35.5. The molecule has 0 saturated heterocycles. The first-order chi connectivity index (χ1) is 17.3. The number of benzene rings is 4. The van der Waals surface area contributed by atoms with Crippen LogP contribution in [0.25, 0.3) is 11.1 Å². The summed E-state index contributed by atoms with van der Waals surface area (Å²) in [4.78, 5) is 12.9. The second-order valence-electron chi connectivity index (χ2n) is 7.98. The Morgan fingerprint density at radius 1 is 0.806 bits per heavy atom. The molecule has 4 rings (SSSR count). The molecule has 0 bridgehead atoms. The van der Waals surface area contributed by atoms with Gasteiger partial charge >= 0.3 is 0 Å². The minimum atomic E-state index is -4.00. The van der Waals surface area contributed by atoms with Crippen LogP contribution in [0.5, 0.6) is 0 Å². The Bertz CT molecular complexity index is 1460. The molecule has 0 atom stereocenters. The minimum Gasteiger partial charge on any atom is -0.271 e. The number of hydrogen-bond acceptors (Lipinski definition) is 4. The van der Waals surface area contributed by atoms with E-state index in [1.807, 2.05) is 54.6 Å². The fraction of sp³-hybridized carbons (Fsp3) is 0.0714. The number of halogens is 1. The van der Waals surface area contributed by atoms with E-state index in [9.17, 15) is 13.2 Å². The lowest BCUT2D eigenvalue weighted by Gasteiger charge is -2.23. The van der Waals surface area contributed by atoms with E-state index >= 15 is 0 Å².